The smallest absolute Gasteiger partial charge is 0.306 e. The second-order valence-corrected chi connectivity index (χ2v) is 7.07. The van der Waals surface area contributed by atoms with Gasteiger partial charge < -0.3 is 19.5 Å². The van der Waals surface area contributed by atoms with E-state index in [-0.39, 0.29) is 18.3 Å². The second-order valence-electron chi connectivity index (χ2n) is 7.07. The summed E-state index contributed by atoms with van der Waals surface area (Å²) in [7, 11) is 3.15. The summed E-state index contributed by atoms with van der Waals surface area (Å²) >= 11 is 0. The fourth-order valence-electron chi connectivity index (χ4n) is 3.37. The molecule has 0 unspecified atom stereocenters. The minimum absolute atomic E-state index is 0.204. The van der Waals surface area contributed by atoms with Crippen molar-refractivity contribution < 1.29 is 23.8 Å². The van der Waals surface area contributed by atoms with Gasteiger partial charge in [0.15, 0.2) is 17.6 Å². The Hall–Kier alpha value is -2.24. The molecule has 0 saturated heterocycles. The quantitative estimate of drug-likeness (QED) is 0.669. The molecule has 1 N–H and O–H groups in total. The Labute approximate surface area is 161 Å². The van der Waals surface area contributed by atoms with Crippen LogP contribution in [0.5, 0.6) is 11.5 Å². The van der Waals surface area contributed by atoms with Crippen LogP contribution in [0.25, 0.3) is 0 Å². The Balaban J connectivity index is 1.73. The Morgan fingerprint density at radius 1 is 1.11 bits per heavy atom. The molecular weight excluding hydrogens is 346 g/mol. The van der Waals surface area contributed by atoms with Gasteiger partial charge in [0.05, 0.1) is 14.2 Å². The maximum atomic E-state index is 12.1. The van der Waals surface area contributed by atoms with Gasteiger partial charge in [0.1, 0.15) is 0 Å². The van der Waals surface area contributed by atoms with Crippen LogP contribution in [0.1, 0.15) is 51.0 Å². The van der Waals surface area contributed by atoms with Crippen molar-refractivity contribution in [3.63, 3.8) is 0 Å². The third kappa shape index (κ3) is 6.77. The number of hydrogen-bond donors (Lipinski definition) is 1. The predicted molar refractivity (Wildman–Crippen MR) is 103 cm³/mol. The lowest BCUT2D eigenvalue weighted by atomic mass is 9.89. The normalized spacial score (nSPS) is 15.7. The number of carbonyl (C=O) groups excluding carboxylic acids is 2. The first-order valence-corrected chi connectivity index (χ1v) is 9.71. The highest BCUT2D eigenvalue weighted by Gasteiger charge is 2.20. The van der Waals surface area contributed by atoms with Gasteiger partial charge in [-0.1, -0.05) is 25.3 Å². The summed E-state index contributed by atoms with van der Waals surface area (Å²) in [5.74, 6) is 1.21. The van der Waals surface area contributed by atoms with Crippen LogP contribution in [0.15, 0.2) is 18.2 Å². The van der Waals surface area contributed by atoms with Crippen molar-refractivity contribution in [3.8, 4) is 11.5 Å². The average molecular weight is 377 g/mol. The minimum atomic E-state index is -0.772. The van der Waals surface area contributed by atoms with Crippen molar-refractivity contribution in [1.82, 2.24) is 5.32 Å². The van der Waals surface area contributed by atoms with Crippen molar-refractivity contribution >= 4 is 11.9 Å². The zero-order chi connectivity index (χ0) is 19.6. The lowest BCUT2D eigenvalue weighted by molar-refractivity contribution is -0.154. The Morgan fingerprint density at radius 2 is 1.81 bits per heavy atom. The highest BCUT2D eigenvalue weighted by atomic mass is 16.5. The molecule has 1 aliphatic carbocycles. The van der Waals surface area contributed by atoms with Crippen molar-refractivity contribution in [3.05, 3.63) is 23.8 Å². The van der Waals surface area contributed by atoms with Crippen molar-refractivity contribution in [2.24, 2.45) is 5.92 Å². The topological polar surface area (TPSA) is 73.9 Å². The van der Waals surface area contributed by atoms with E-state index < -0.39 is 6.10 Å². The van der Waals surface area contributed by atoms with Crippen LogP contribution in [-0.4, -0.2) is 38.7 Å². The van der Waals surface area contributed by atoms with Gasteiger partial charge >= 0.3 is 5.97 Å². The van der Waals surface area contributed by atoms with Gasteiger partial charge in [0.25, 0.3) is 5.91 Å². The van der Waals surface area contributed by atoms with E-state index in [4.69, 9.17) is 14.2 Å². The van der Waals surface area contributed by atoms with Crippen molar-refractivity contribution in [2.75, 3.05) is 20.8 Å². The monoisotopic (exact) mass is 377 g/mol. The maximum Gasteiger partial charge on any atom is 0.306 e. The Kier molecular flexibility index (Phi) is 8.43. The van der Waals surface area contributed by atoms with Gasteiger partial charge in [-0.25, -0.2) is 0 Å². The summed E-state index contributed by atoms with van der Waals surface area (Å²) in [4.78, 5) is 24.2. The number of rotatable bonds is 9. The molecule has 1 aromatic rings. The van der Waals surface area contributed by atoms with Crippen LogP contribution in [0, 0.1) is 5.92 Å². The van der Waals surface area contributed by atoms with E-state index in [1.54, 1.807) is 27.2 Å². The molecule has 150 valence electrons. The zero-order valence-corrected chi connectivity index (χ0v) is 16.6. The highest BCUT2D eigenvalue weighted by molar-refractivity contribution is 5.83. The molecule has 0 spiro atoms. The van der Waals surface area contributed by atoms with E-state index in [1.165, 1.54) is 32.1 Å². The van der Waals surface area contributed by atoms with E-state index >= 15 is 0 Å². The van der Waals surface area contributed by atoms with E-state index in [1.807, 2.05) is 12.1 Å². The maximum absolute atomic E-state index is 12.1. The standard InChI is InChI=1S/C21H31NO5/c1-15(21(24)22-14-17-7-5-4-6-8-17)27-20(23)12-10-16-9-11-18(25-2)19(13-16)26-3/h9,11,13,15,17H,4-8,10,12,14H2,1-3H3,(H,22,24)/t15-/m0/s1. The third-order valence-electron chi connectivity index (χ3n) is 5.03. The first-order chi connectivity index (χ1) is 13.0. The molecule has 0 radical (unpaired) electrons. The molecule has 27 heavy (non-hydrogen) atoms. The number of methoxy groups -OCH3 is 2. The number of carbonyl (C=O) groups is 2. The SMILES string of the molecule is COc1ccc(CCC(=O)O[C@@H](C)C(=O)NCC2CCCCC2)cc1OC. The molecular formula is C21H31NO5. The summed E-state index contributed by atoms with van der Waals surface area (Å²) < 4.78 is 15.7. The summed E-state index contributed by atoms with van der Waals surface area (Å²) in [6.45, 7) is 2.29. The molecule has 1 saturated carbocycles. The van der Waals surface area contributed by atoms with E-state index in [9.17, 15) is 9.59 Å². The van der Waals surface area contributed by atoms with Crippen LogP contribution < -0.4 is 14.8 Å². The summed E-state index contributed by atoms with van der Waals surface area (Å²) in [6, 6.07) is 5.53. The summed E-state index contributed by atoms with van der Waals surface area (Å²) in [6.07, 6.45) is 6.04. The van der Waals surface area contributed by atoms with Crippen LogP contribution >= 0.6 is 0 Å². The molecule has 0 heterocycles. The van der Waals surface area contributed by atoms with E-state index in [2.05, 4.69) is 5.32 Å². The van der Waals surface area contributed by atoms with Crippen molar-refractivity contribution in [2.45, 2.75) is 58.0 Å². The second kappa shape index (κ2) is 10.8. The molecule has 0 bridgehead atoms. The largest absolute Gasteiger partial charge is 0.493 e. The van der Waals surface area contributed by atoms with E-state index in [0.717, 1.165) is 5.56 Å². The summed E-state index contributed by atoms with van der Waals surface area (Å²) in [5.41, 5.74) is 0.944. The lowest BCUT2D eigenvalue weighted by Gasteiger charge is -2.22. The first-order valence-electron chi connectivity index (χ1n) is 9.71. The average Bonchev–Trinajstić information content (AvgIpc) is 2.70. The molecule has 2 rings (SSSR count). The third-order valence-corrected chi connectivity index (χ3v) is 5.03. The minimum Gasteiger partial charge on any atom is -0.493 e. The molecule has 0 aromatic heterocycles. The van der Waals surface area contributed by atoms with Crippen LogP contribution in [0.3, 0.4) is 0 Å². The highest BCUT2D eigenvalue weighted by Crippen LogP contribution is 2.28. The summed E-state index contributed by atoms with van der Waals surface area (Å²) in [5, 5.41) is 2.91. The zero-order valence-electron chi connectivity index (χ0n) is 16.6. The number of benzene rings is 1. The van der Waals surface area contributed by atoms with Gasteiger partial charge in [-0.2, -0.15) is 0 Å². The number of esters is 1. The van der Waals surface area contributed by atoms with Crippen molar-refractivity contribution in [1.29, 1.82) is 0 Å². The predicted octanol–water partition coefficient (Wildman–Crippen LogP) is 3.26. The Bertz CT molecular complexity index is 625. The van der Waals surface area contributed by atoms with Crippen LogP contribution in [-0.2, 0) is 20.7 Å². The molecule has 1 fully saturated rings. The Morgan fingerprint density at radius 3 is 2.48 bits per heavy atom. The number of hydrogen-bond acceptors (Lipinski definition) is 5. The molecule has 6 heteroatoms. The molecule has 6 nitrogen and oxygen atoms in total. The number of amides is 1. The molecule has 1 atom stereocenters. The van der Waals surface area contributed by atoms with Gasteiger partial charge in [0.2, 0.25) is 0 Å². The van der Waals surface area contributed by atoms with Crippen LogP contribution in [0.4, 0.5) is 0 Å². The van der Waals surface area contributed by atoms with E-state index in [0.29, 0.717) is 30.4 Å². The van der Waals surface area contributed by atoms with Gasteiger partial charge in [-0.05, 0) is 49.8 Å². The molecule has 1 amide bonds. The molecule has 0 aliphatic heterocycles. The number of aryl methyl sites for hydroxylation is 1. The number of ether oxygens (including phenoxy) is 3. The fraction of sp³-hybridized carbons (Fsp3) is 0.619. The van der Waals surface area contributed by atoms with Gasteiger partial charge in [0, 0.05) is 13.0 Å². The molecule has 1 aliphatic rings. The van der Waals surface area contributed by atoms with Gasteiger partial charge in [-0.15, -0.1) is 0 Å². The first kappa shape index (κ1) is 21.1. The van der Waals surface area contributed by atoms with Crippen LogP contribution in [0.2, 0.25) is 0 Å². The fourth-order valence-corrected chi connectivity index (χ4v) is 3.37. The molecule has 1 aromatic carbocycles. The van der Waals surface area contributed by atoms with Gasteiger partial charge in [-0.3, -0.25) is 9.59 Å². The number of nitrogens with one attached hydrogen (secondary N) is 1. The lowest BCUT2D eigenvalue weighted by Crippen LogP contribution is -2.38.